The Morgan fingerprint density at radius 2 is 2.07 bits per heavy atom. The van der Waals surface area contributed by atoms with Crippen molar-refractivity contribution in [1.29, 1.82) is 0 Å². The molecule has 2 heterocycles. The van der Waals surface area contributed by atoms with E-state index in [-0.39, 0.29) is 31.4 Å². The van der Waals surface area contributed by atoms with Crippen molar-refractivity contribution in [3.63, 3.8) is 0 Å². The molecular weight excluding hydrogens is 372 g/mol. The summed E-state index contributed by atoms with van der Waals surface area (Å²) in [5, 5.41) is 7.25. The van der Waals surface area contributed by atoms with Crippen molar-refractivity contribution in [3.05, 3.63) is 34.9 Å². The number of alkyl halides is 2. The zero-order valence-corrected chi connectivity index (χ0v) is 15.3. The third-order valence-corrected chi connectivity index (χ3v) is 4.45. The Balaban J connectivity index is 1.68. The van der Waals surface area contributed by atoms with Crippen molar-refractivity contribution in [1.82, 2.24) is 25.1 Å². The zero-order chi connectivity index (χ0) is 20.1. The van der Waals surface area contributed by atoms with Gasteiger partial charge in [-0.1, -0.05) is 6.92 Å². The maximum Gasteiger partial charge on any atom is 0.316 e. The fourth-order valence-corrected chi connectivity index (χ4v) is 2.92. The molecule has 10 heteroatoms. The van der Waals surface area contributed by atoms with Gasteiger partial charge in [0, 0.05) is 49.3 Å². The molecule has 3 rings (SSSR count). The highest BCUT2D eigenvalue weighted by atomic mass is 19.3. The minimum absolute atomic E-state index is 0.0881. The van der Waals surface area contributed by atoms with E-state index in [0.29, 0.717) is 30.6 Å². The van der Waals surface area contributed by atoms with Crippen molar-refractivity contribution in [2.24, 2.45) is 5.92 Å². The van der Waals surface area contributed by atoms with Crippen molar-refractivity contribution in [2.75, 3.05) is 19.7 Å². The van der Waals surface area contributed by atoms with E-state index >= 15 is 0 Å². The van der Waals surface area contributed by atoms with Gasteiger partial charge in [0.05, 0.1) is 12.3 Å². The molecule has 2 aromatic rings. The average Bonchev–Trinajstić information content (AvgIpc) is 2.67. The average molecular weight is 393 g/mol. The van der Waals surface area contributed by atoms with Gasteiger partial charge < -0.3 is 14.8 Å². The van der Waals surface area contributed by atoms with Crippen LogP contribution < -0.4 is 15.6 Å². The number of hydrogen-bond donors (Lipinski definition) is 1. The van der Waals surface area contributed by atoms with Crippen LogP contribution >= 0.6 is 0 Å². The first kappa shape index (κ1) is 20.0. The van der Waals surface area contributed by atoms with Crippen molar-refractivity contribution >= 4 is 6.29 Å². The number of nitrogens with zero attached hydrogens (tertiary/aromatic N) is 4. The first-order valence-electron chi connectivity index (χ1n) is 9.01. The van der Waals surface area contributed by atoms with Gasteiger partial charge >= 0.3 is 6.01 Å². The van der Waals surface area contributed by atoms with Gasteiger partial charge in [0.1, 0.15) is 12.3 Å². The van der Waals surface area contributed by atoms with E-state index in [2.05, 4.69) is 20.4 Å². The van der Waals surface area contributed by atoms with Gasteiger partial charge in [0.15, 0.2) is 0 Å². The molecule has 0 spiro atoms. The molecule has 1 N–H and O–H groups in total. The van der Waals surface area contributed by atoms with E-state index in [1.807, 2.05) is 6.92 Å². The second kappa shape index (κ2) is 8.51. The first-order chi connectivity index (χ1) is 13.4. The van der Waals surface area contributed by atoms with Crippen LogP contribution in [0, 0.1) is 5.92 Å². The highest BCUT2D eigenvalue weighted by molar-refractivity contribution is 5.58. The summed E-state index contributed by atoms with van der Waals surface area (Å²) in [5.41, 5.74) is 0.564. The number of likely N-dealkylation sites (N-methyl/N-ethyl adjacent to an activating group) is 1. The van der Waals surface area contributed by atoms with Gasteiger partial charge in [0.25, 0.3) is 5.56 Å². The molecule has 28 heavy (non-hydrogen) atoms. The van der Waals surface area contributed by atoms with E-state index < -0.39 is 17.5 Å². The maximum atomic E-state index is 12.8. The molecule has 1 aliphatic rings. The molecule has 1 unspecified atom stereocenters. The van der Waals surface area contributed by atoms with Crippen LogP contribution in [0.4, 0.5) is 8.78 Å². The van der Waals surface area contributed by atoms with Gasteiger partial charge in [-0.3, -0.25) is 4.79 Å². The molecule has 1 fully saturated rings. The number of rotatable bonds is 9. The lowest BCUT2D eigenvalue weighted by molar-refractivity contribution is -0.119. The molecule has 8 nitrogen and oxygen atoms in total. The maximum absolute atomic E-state index is 12.8. The van der Waals surface area contributed by atoms with Gasteiger partial charge in [-0.25, -0.2) is 23.4 Å². The lowest BCUT2D eigenvalue weighted by atomic mass is 9.82. The summed E-state index contributed by atoms with van der Waals surface area (Å²) in [6.07, 6.45) is 3.24. The van der Waals surface area contributed by atoms with Crippen LogP contribution in [0.2, 0.25) is 0 Å². The number of aldehydes is 1. The van der Waals surface area contributed by atoms with Crippen molar-refractivity contribution in [3.8, 4) is 17.3 Å². The molecule has 1 atom stereocenters. The summed E-state index contributed by atoms with van der Waals surface area (Å²) in [6.45, 7) is 2.99. The number of hydrogen-bond acceptors (Lipinski definition) is 7. The van der Waals surface area contributed by atoms with Crippen LogP contribution in [0.25, 0.3) is 11.3 Å². The van der Waals surface area contributed by atoms with Crippen molar-refractivity contribution < 1.29 is 18.3 Å². The third kappa shape index (κ3) is 4.75. The molecule has 0 bridgehead atoms. The molecule has 1 saturated carbocycles. The smallest absolute Gasteiger partial charge is 0.316 e. The SMILES string of the molecule is CCNCC(C=O)n1nc(-c2cnc(OCC3CC(F)(F)C3)nc2)ccc1=O. The fraction of sp³-hybridized carbons (Fsp3) is 0.500. The van der Waals surface area contributed by atoms with Crippen LogP contribution in [0.1, 0.15) is 25.8 Å². The van der Waals surface area contributed by atoms with Crippen LogP contribution in [0.3, 0.4) is 0 Å². The van der Waals surface area contributed by atoms with E-state index in [1.165, 1.54) is 24.5 Å². The topological polar surface area (TPSA) is 99.0 Å². The minimum atomic E-state index is -2.58. The lowest BCUT2D eigenvalue weighted by Gasteiger charge is -2.34. The number of carbonyl (C=O) groups is 1. The normalized spacial score (nSPS) is 17.0. The standard InChI is InChI=1S/C18H21F2N5O3/c1-2-21-9-14(10-26)25-16(27)4-3-15(24-25)13-7-22-17(23-8-13)28-11-12-5-18(19,20)6-12/h3-4,7-8,10,12,14,21H,2,5-6,9,11H2,1H3. The van der Waals surface area contributed by atoms with E-state index in [9.17, 15) is 18.4 Å². The Hall–Kier alpha value is -2.75. The van der Waals surface area contributed by atoms with Crippen LogP contribution in [-0.2, 0) is 4.79 Å². The Morgan fingerprint density at radius 3 is 2.68 bits per heavy atom. The number of ether oxygens (including phenoxy) is 1. The monoisotopic (exact) mass is 393 g/mol. The third-order valence-electron chi connectivity index (χ3n) is 4.45. The van der Waals surface area contributed by atoms with Crippen LogP contribution in [0.5, 0.6) is 6.01 Å². The molecule has 1 aliphatic carbocycles. The summed E-state index contributed by atoms with van der Waals surface area (Å²) in [7, 11) is 0. The van der Waals surface area contributed by atoms with Gasteiger partial charge in [-0.2, -0.15) is 5.10 Å². The van der Waals surface area contributed by atoms with Gasteiger partial charge in [-0.15, -0.1) is 0 Å². The molecule has 0 radical (unpaired) electrons. The molecule has 0 aliphatic heterocycles. The highest BCUT2D eigenvalue weighted by Crippen LogP contribution is 2.42. The van der Waals surface area contributed by atoms with Gasteiger partial charge in [-0.05, 0) is 12.6 Å². The number of halogens is 2. The van der Waals surface area contributed by atoms with E-state index in [1.54, 1.807) is 0 Å². The summed E-state index contributed by atoms with van der Waals surface area (Å²) < 4.78 is 32.1. The van der Waals surface area contributed by atoms with E-state index in [0.717, 1.165) is 4.68 Å². The molecule has 0 saturated heterocycles. The summed E-state index contributed by atoms with van der Waals surface area (Å²) in [5.74, 6) is -2.78. The summed E-state index contributed by atoms with van der Waals surface area (Å²) in [4.78, 5) is 31.5. The minimum Gasteiger partial charge on any atom is -0.463 e. The Bertz CT molecular complexity index is 864. The van der Waals surface area contributed by atoms with Crippen LogP contribution in [-0.4, -0.2) is 51.7 Å². The summed E-state index contributed by atoms with van der Waals surface area (Å²) in [6, 6.07) is 2.21. The summed E-state index contributed by atoms with van der Waals surface area (Å²) >= 11 is 0. The van der Waals surface area contributed by atoms with E-state index in [4.69, 9.17) is 4.74 Å². The molecule has 0 aromatic carbocycles. The molecular formula is C18H21F2N5O3. The molecule has 150 valence electrons. The lowest BCUT2D eigenvalue weighted by Crippen LogP contribution is -2.38. The van der Waals surface area contributed by atoms with Crippen molar-refractivity contribution in [2.45, 2.75) is 31.7 Å². The zero-order valence-electron chi connectivity index (χ0n) is 15.3. The van der Waals surface area contributed by atoms with Crippen LogP contribution in [0.15, 0.2) is 29.3 Å². The highest BCUT2D eigenvalue weighted by Gasteiger charge is 2.45. The number of nitrogens with one attached hydrogen (secondary N) is 1. The largest absolute Gasteiger partial charge is 0.463 e. The Labute approximate surface area is 160 Å². The van der Waals surface area contributed by atoms with Gasteiger partial charge in [0.2, 0.25) is 5.92 Å². The second-order valence-corrected chi connectivity index (χ2v) is 6.71. The Kier molecular flexibility index (Phi) is 6.08. The predicted octanol–water partition coefficient (Wildman–Crippen LogP) is 1.47. The first-order valence-corrected chi connectivity index (χ1v) is 9.01. The number of aromatic nitrogens is 4. The predicted molar refractivity (Wildman–Crippen MR) is 96.3 cm³/mol. The molecule has 2 aromatic heterocycles. The second-order valence-electron chi connectivity index (χ2n) is 6.71. The molecule has 0 amide bonds. The number of carbonyl (C=O) groups excluding carboxylic acids is 1. The Morgan fingerprint density at radius 1 is 1.36 bits per heavy atom. The fourth-order valence-electron chi connectivity index (χ4n) is 2.92. The quantitative estimate of drug-likeness (QED) is 0.644.